The van der Waals surface area contributed by atoms with Crippen LogP contribution in [0, 0.1) is 10.1 Å². The van der Waals surface area contributed by atoms with E-state index in [4.69, 9.17) is 9.84 Å². The summed E-state index contributed by atoms with van der Waals surface area (Å²) in [6, 6.07) is 4.33. The third-order valence-corrected chi connectivity index (χ3v) is 2.61. The lowest BCUT2D eigenvalue weighted by atomic mass is 9.93. The van der Waals surface area contributed by atoms with Crippen LogP contribution in [0.3, 0.4) is 0 Å². The van der Waals surface area contributed by atoms with Crippen molar-refractivity contribution in [3.8, 4) is 5.75 Å². The molecule has 0 aromatic heterocycles. The third kappa shape index (κ3) is 2.92. The maximum Gasteiger partial charge on any atom is 0.276 e. The Kier molecular flexibility index (Phi) is 4.42. The van der Waals surface area contributed by atoms with Gasteiger partial charge in [-0.25, -0.2) is 0 Å². The molecule has 0 spiro atoms. The Balaban J connectivity index is 3.26. The van der Waals surface area contributed by atoms with Gasteiger partial charge in [-0.05, 0) is 19.1 Å². The molecule has 1 rings (SSSR count). The van der Waals surface area contributed by atoms with E-state index in [1.165, 1.54) is 26.2 Å². The summed E-state index contributed by atoms with van der Waals surface area (Å²) in [5, 5.41) is 29.6. The maximum atomic E-state index is 10.9. The minimum Gasteiger partial charge on any atom is -0.497 e. The minimum atomic E-state index is -0.868. The van der Waals surface area contributed by atoms with Crippen LogP contribution in [0.15, 0.2) is 18.2 Å². The van der Waals surface area contributed by atoms with Gasteiger partial charge in [0.25, 0.3) is 5.69 Å². The van der Waals surface area contributed by atoms with Crippen molar-refractivity contribution in [1.82, 2.24) is 0 Å². The minimum absolute atomic E-state index is 0.163. The Labute approximate surface area is 98.6 Å². The fourth-order valence-corrected chi connectivity index (χ4v) is 1.63. The van der Waals surface area contributed by atoms with Crippen LogP contribution < -0.4 is 4.74 Å². The van der Waals surface area contributed by atoms with E-state index < -0.39 is 16.9 Å². The van der Waals surface area contributed by atoms with E-state index in [1.807, 2.05) is 0 Å². The smallest absolute Gasteiger partial charge is 0.276 e. The standard InChI is InChI=1S/C11H15NO5/c1-7(14)10(6-13)9-4-3-8(17-2)5-11(9)12(15)16/h3-5,7,10,13-14H,6H2,1-2H3. The molecule has 0 saturated heterocycles. The molecule has 0 saturated carbocycles. The zero-order valence-corrected chi connectivity index (χ0v) is 9.66. The molecule has 0 bridgehead atoms. The number of aliphatic hydroxyl groups excluding tert-OH is 2. The number of nitro groups is 1. The zero-order chi connectivity index (χ0) is 13.0. The van der Waals surface area contributed by atoms with E-state index in [0.29, 0.717) is 11.3 Å². The third-order valence-electron chi connectivity index (χ3n) is 2.61. The molecule has 6 nitrogen and oxygen atoms in total. The number of benzene rings is 1. The second-order valence-corrected chi connectivity index (χ2v) is 3.71. The molecule has 6 heteroatoms. The van der Waals surface area contributed by atoms with E-state index in [2.05, 4.69) is 0 Å². The number of hydrogen-bond donors (Lipinski definition) is 2. The second kappa shape index (κ2) is 5.60. The van der Waals surface area contributed by atoms with E-state index in [0.717, 1.165) is 0 Å². The van der Waals surface area contributed by atoms with Crippen LogP contribution in [0.25, 0.3) is 0 Å². The molecule has 0 radical (unpaired) electrons. The Bertz CT molecular complexity index is 405. The summed E-state index contributed by atoms with van der Waals surface area (Å²) in [6.07, 6.45) is -0.868. The summed E-state index contributed by atoms with van der Waals surface area (Å²) < 4.78 is 4.90. The highest BCUT2D eigenvalue weighted by molar-refractivity contribution is 5.48. The molecule has 0 aliphatic carbocycles. The van der Waals surface area contributed by atoms with Gasteiger partial charge in [-0.3, -0.25) is 10.1 Å². The van der Waals surface area contributed by atoms with Crippen molar-refractivity contribution in [2.75, 3.05) is 13.7 Å². The van der Waals surface area contributed by atoms with Gasteiger partial charge in [0.05, 0.1) is 30.8 Å². The fourth-order valence-electron chi connectivity index (χ4n) is 1.63. The van der Waals surface area contributed by atoms with Gasteiger partial charge in [0.2, 0.25) is 0 Å². The van der Waals surface area contributed by atoms with Crippen molar-refractivity contribution < 1.29 is 19.9 Å². The normalized spacial score (nSPS) is 14.1. The van der Waals surface area contributed by atoms with Gasteiger partial charge in [0.15, 0.2) is 0 Å². The van der Waals surface area contributed by atoms with Crippen LogP contribution >= 0.6 is 0 Å². The Morgan fingerprint density at radius 1 is 1.53 bits per heavy atom. The van der Waals surface area contributed by atoms with Crippen LogP contribution in [0.4, 0.5) is 5.69 Å². The first-order valence-corrected chi connectivity index (χ1v) is 5.12. The van der Waals surface area contributed by atoms with Crippen molar-refractivity contribution in [1.29, 1.82) is 0 Å². The Morgan fingerprint density at radius 2 is 2.18 bits per heavy atom. The number of hydrogen-bond acceptors (Lipinski definition) is 5. The van der Waals surface area contributed by atoms with Gasteiger partial charge in [-0.15, -0.1) is 0 Å². The summed E-state index contributed by atoms with van der Waals surface area (Å²) in [4.78, 5) is 10.4. The topological polar surface area (TPSA) is 92.8 Å². The fraction of sp³-hybridized carbons (Fsp3) is 0.455. The highest BCUT2D eigenvalue weighted by atomic mass is 16.6. The SMILES string of the molecule is COc1ccc(C(CO)C(C)O)c([N+](=O)[O-])c1. The highest BCUT2D eigenvalue weighted by Gasteiger charge is 2.25. The molecule has 0 amide bonds. The average molecular weight is 241 g/mol. The predicted octanol–water partition coefficient (Wildman–Crippen LogP) is 1.06. The van der Waals surface area contributed by atoms with Gasteiger partial charge < -0.3 is 14.9 Å². The Hall–Kier alpha value is -1.66. The van der Waals surface area contributed by atoms with Gasteiger partial charge in [-0.1, -0.05) is 0 Å². The number of nitrogens with zero attached hydrogens (tertiary/aromatic N) is 1. The van der Waals surface area contributed by atoms with E-state index in [-0.39, 0.29) is 12.3 Å². The first kappa shape index (κ1) is 13.4. The molecular formula is C11H15NO5. The van der Waals surface area contributed by atoms with E-state index >= 15 is 0 Å². The molecule has 1 aromatic rings. The van der Waals surface area contributed by atoms with Crippen LogP contribution in [-0.4, -0.2) is 35.0 Å². The van der Waals surface area contributed by atoms with Crippen molar-refractivity contribution in [3.05, 3.63) is 33.9 Å². The Morgan fingerprint density at radius 3 is 2.59 bits per heavy atom. The molecule has 2 unspecified atom stereocenters. The number of methoxy groups -OCH3 is 1. The summed E-state index contributed by atoms with van der Waals surface area (Å²) in [5.74, 6) is -0.316. The summed E-state index contributed by atoms with van der Waals surface area (Å²) >= 11 is 0. The molecule has 94 valence electrons. The lowest BCUT2D eigenvalue weighted by molar-refractivity contribution is -0.386. The lowest BCUT2D eigenvalue weighted by Gasteiger charge is -2.17. The molecular weight excluding hydrogens is 226 g/mol. The number of aliphatic hydroxyl groups is 2. The molecule has 2 atom stereocenters. The van der Waals surface area contributed by atoms with Crippen LogP contribution in [0.2, 0.25) is 0 Å². The van der Waals surface area contributed by atoms with Crippen molar-refractivity contribution in [3.63, 3.8) is 0 Å². The molecule has 1 aromatic carbocycles. The largest absolute Gasteiger partial charge is 0.497 e. The lowest BCUT2D eigenvalue weighted by Crippen LogP contribution is -2.19. The molecule has 0 heterocycles. The van der Waals surface area contributed by atoms with Gasteiger partial charge in [0.1, 0.15) is 5.75 Å². The first-order valence-electron chi connectivity index (χ1n) is 5.12. The van der Waals surface area contributed by atoms with Crippen molar-refractivity contribution >= 4 is 5.69 Å². The van der Waals surface area contributed by atoms with Crippen molar-refractivity contribution in [2.45, 2.75) is 18.9 Å². The number of ether oxygens (including phenoxy) is 1. The zero-order valence-electron chi connectivity index (χ0n) is 9.66. The van der Waals surface area contributed by atoms with Crippen LogP contribution in [0.1, 0.15) is 18.4 Å². The molecule has 0 aliphatic heterocycles. The number of rotatable bonds is 5. The predicted molar refractivity (Wildman–Crippen MR) is 61.2 cm³/mol. The van der Waals surface area contributed by atoms with Crippen molar-refractivity contribution in [2.24, 2.45) is 0 Å². The second-order valence-electron chi connectivity index (χ2n) is 3.71. The van der Waals surface area contributed by atoms with Crippen LogP contribution in [-0.2, 0) is 0 Å². The summed E-state index contributed by atoms with van der Waals surface area (Å²) in [5.41, 5.74) is 0.137. The van der Waals surface area contributed by atoms with Gasteiger partial charge >= 0.3 is 0 Å². The first-order chi connectivity index (χ1) is 8.01. The summed E-state index contributed by atoms with van der Waals surface area (Å²) in [6.45, 7) is 1.12. The number of nitro benzene ring substituents is 1. The molecule has 0 fully saturated rings. The van der Waals surface area contributed by atoms with E-state index in [9.17, 15) is 15.2 Å². The average Bonchev–Trinajstić information content (AvgIpc) is 2.29. The molecule has 0 aliphatic rings. The van der Waals surface area contributed by atoms with Gasteiger partial charge in [-0.2, -0.15) is 0 Å². The highest BCUT2D eigenvalue weighted by Crippen LogP contribution is 2.31. The van der Waals surface area contributed by atoms with Gasteiger partial charge in [0, 0.05) is 11.5 Å². The summed E-state index contributed by atoms with van der Waals surface area (Å²) in [7, 11) is 1.41. The maximum absolute atomic E-state index is 10.9. The quantitative estimate of drug-likeness (QED) is 0.594. The van der Waals surface area contributed by atoms with E-state index in [1.54, 1.807) is 6.07 Å². The monoisotopic (exact) mass is 241 g/mol. The molecule has 17 heavy (non-hydrogen) atoms. The van der Waals surface area contributed by atoms with Crippen LogP contribution in [0.5, 0.6) is 5.75 Å². The molecule has 2 N–H and O–H groups in total.